The second kappa shape index (κ2) is 10.1. The fourth-order valence-corrected chi connectivity index (χ4v) is 4.15. The number of nitrogens with zero attached hydrogens (tertiary/aromatic N) is 4. The van der Waals surface area contributed by atoms with Crippen LogP contribution in [-0.2, 0) is 16.2 Å². The van der Waals surface area contributed by atoms with Gasteiger partial charge in [0.25, 0.3) is 0 Å². The van der Waals surface area contributed by atoms with Crippen molar-refractivity contribution in [1.29, 1.82) is 0 Å². The molecule has 1 unspecified atom stereocenters. The van der Waals surface area contributed by atoms with Crippen LogP contribution in [-0.4, -0.2) is 72.5 Å². The SMILES string of the molecule is COC(=O)N1CCCC(NC(=O)Nc2cnc3c(ccn3COCC[Si](C)(C)C)n2)C1. The normalized spacial score (nSPS) is 16.9. The molecule has 3 heterocycles. The number of carbonyl (C=O) groups excluding carboxylic acids is 2. The molecule has 0 spiro atoms. The van der Waals surface area contributed by atoms with Gasteiger partial charge in [-0.05, 0) is 25.0 Å². The molecule has 170 valence electrons. The molecular weight excluding hydrogens is 416 g/mol. The van der Waals surface area contributed by atoms with Crippen LogP contribution >= 0.6 is 0 Å². The number of likely N-dealkylation sites (tertiary alicyclic amines) is 1. The van der Waals surface area contributed by atoms with E-state index in [4.69, 9.17) is 9.47 Å². The molecule has 1 fully saturated rings. The summed E-state index contributed by atoms with van der Waals surface area (Å²) >= 11 is 0. The molecule has 2 N–H and O–H groups in total. The van der Waals surface area contributed by atoms with Gasteiger partial charge in [0.15, 0.2) is 11.5 Å². The third-order valence-corrected chi connectivity index (χ3v) is 6.83. The summed E-state index contributed by atoms with van der Waals surface area (Å²) in [5, 5.41) is 5.61. The summed E-state index contributed by atoms with van der Waals surface area (Å²) in [5.41, 5.74) is 1.39. The molecule has 1 saturated heterocycles. The maximum absolute atomic E-state index is 12.4. The number of piperidine rings is 1. The molecule has 0 aromatic carbocycles. The van der Waals surface area contributed by atoms with Crippen molar-refractivity contribution < 1.29 is 19.1 Å². The molecular formula is C20H32N6O4Si. The van der Waals surface area contributed by atoms with Crippen LogP contribution < -0.4 is 10.6 Å². The molecule has 0 saturated carbocycles. The van der Waals surface area contributed by atoms with Crippen LogP contribution in [0.25, 0.3) is 11.2 Å². The number of anilines is 1. The van der Waals surface area contributed by atoms with Gasteiger partial charge in [0, 0.05) is 40.0 Å². The molecule has 2 aromatic rings. The van der Waals surface area contributed by atoms with Crippen LogP contribution in [0.5, 0.6) is 0 Å². The molecule has 11 heteroatoms. The monoisotopic (exact) mass is 448 g/mol. The van der Waals surface area contributed by atoms with Crippen LogP contribution in [0.4, 0.5) is 15.4 Å². The van der Waals surface area contributed by atoms with E-state index in [9.17, 15) is 9.59 Å². The molecule has 1 atom stereocenters. The van der Waals surface area contributed by atoms with Crippen LogP contribution in [0.3, 0.4) is 0 Å². The summed E-state index contributed by atoms with van der Waals surface area (Å²) in [5.74, 6) is 0.364. The Morgan fingerprint density at radius 1 is 1.32 bits per heavy atom. The van der Waals surface area contributed by atoms with Gasteiger partial charge in [-0.2, -0.15) is 0 Å². The first-order chi connectivity index (χ1) is 14.7. The Hall–Kier alpha value is -2.66. The predicted octanol–water partition coefficient (Wildman–Crippen LogP) is 3.10. The fraction of sp³-hybridized carbons (Fsp3) is 0.600. The number of urea groups is 1. The average Bonchev–Trinajstić information content (AvgIpc) is 3.12. The summed E-state index contributed by atoms with van der Waals surface area (Å²) in [6.45, 7) is 9.17. The van der Waals surface area contributed by atoms with E-state index in [0.29, 0.717) is 36.8 Å². The summed E-state index contributed by atoms with van der Waals surface area (Å²) in [7, 11) is 0.237. The Morgan fingerprint density at radius 3 is 2.87 bits per heavy atom. The number of hydrogen-bond acceptors (Lipinski definition) is 6. The van der Waals surface area contributed by atoms with E-state index in [1.54, 1.807) is 4.90 Å². The Morgan fingerprint density at radius 2 is 2.13 bits per heavy atom. The van der Waals surface area contributed by atoms with Gasteiger partial charge in [0.05, 0.1) is 13.3 Å². The lowest BCUT2D eigenvalue weighted by Gasteiger charge is -2.31. The molecule has 1 aliphatic rings. The van der Waals surface area contributed by atoms with E-state index in [-0.39, 0.29) is 18.2 Å². The number of nitrogens with one attached hydrogen (secondary N) is 2. The highest BCUT2D eigenvalue weighted by molar-refractivity contribution is 6.76. The van der Waals surface area contributed by atoms with Gasteiger partial charge in [0.1, 0.15) is 12.2 Å². The highest BCUT2D eigenvalue weighted by Gasteiger charge is 2.25. The average molecular weight is 449 g/mol. The van der Waals surface area contributed by atoms with Crippen molar-refractivity contribution in [3.8, 4) is 0 Å². The minimum atomic E-state index is -1.12. The first-order valence-electron chi connectivity index (χ1n) is 10.6. The topological polar surface area (TPSA) is 111 Å². The van der Waals surface area contributed by atoms with Crippen molar-refractivity contribution in [2.75, 3.05) is 32.1 Å². The molecule has 31 heavy (non-hydrogen) atoms. The lowest BCUT2D eigenvalue weighted by molar-refractivity contribution is 0.0899. The van der Waals surface area contributed by atoms with Gasteiger partial charge >= 0.3 is 12.1 Å². The molecule has 1 aliphatic heterocycles. The minimum absolute atomic E-state index is 0.140. The van der Waals surface area contributed by atoms with Gasteiger partial charge in [-0.15, -0.1) is 0 Å². The third kappa shape index (κ3) is 6.66. The van der Waals surface area contributed by atoms with Crippen LogP contribution in [0, 0.1) is 0 Å². The molecule has 3 rings (SSSR count). The first kappa shape index (κ1) is 23.0. The first-order valence-corrected chi connectivity index (χ1v) is 14.3. The lowest BCUT2D eigenvalue weighted by atomic mass is 10.1. The van der Waals surface area contributed by atoms with Crippen molar-refractivity contribution in [2.24, 2.45) is 0 Å². The van der Waals surface area contributed by atoms with Crippen molar-refractivity contribution in [3.05, 3.63) is 18.5 Å². The van der Waals surface area contributed by atoms with E-state index >= 15 is 0 Å². The molecule has 0 radical (unpaired) electrons. The number of fused-ring (bicyclic) bond motifs is 1. The van der Waals surface area contributed by atoms with Gasteiger partial charge < -0.3 is 24.3 Å². The molecule has 10 nitrogen and oxygen atoms in total. The second-order valence-electron chi connectivity index (χ2n) is 8.95. The molecule has 0 aliphatic carbocycles. The third-order valence-electron chi connectivity index (χ3n) is 5.12. The number of hydrogen-bond donors (Lipinski definition) is 2. The lowest BCUT2D eigenvalue weighted by Crippen LogP contribution is -2.50. The van der Waals surface area contributed by atoms with Crippen LogP contribution in [0.2, 0.25) is 25.7 Å². The van der Waals surface area contributed by atoms with E-state index in [2.05, 4.69) is 40.2 Å². The highest BCUT2D eigenvalue weighted by Crippen LogP contribution is 2.15. The summed E-state index contributed by atoms with van der Waals surface area (Å²) in [6.07, 6.45) is 4.64. The Labute approximate surface area is 183 Å². The standard InChI is InChI=1S/C20H32N6O4Si/c1-29-20(28)25-8-5-6-15(13-25)22-19(27)24-17-12-21-18-16(23-17)7-9-26(18)14-30-10-11-31(2,3)4/h7,9,12,15H,5-6,8,10-11,13-14H2,1-4H3,(H2,22,23,24,27). The maximum atomic E-state index is 12.4. The second-order valence-corrected chi connectivity index (χ2v) is 14.6. The van der Waals surface area contributed by atoms with Crippen molar-refractivity contribution in [3.63, 3.8) is 0 Å². The number of carbonyl (C=O) groups is 2. The fourth-order valence-electron chi connectivity index (χ4n) is 3.39. The molecule has 0 bridgehead atoms. The van der Waals surface area contributed by atoms with Gasteiger partial charge in [0.2, 0.25) is 0 Å². The largest absolute Gasteiger partial charge is 0.453 e. The Bertz CT molecular complexity index is 913. The van der Waals surface area contributed by atoms with Crippen molar-refractivity contribution >= 4 is 37.2 Å². The number of amides is 3. The van der Waals surface area contributed by atoms with Crippen LogP contribution in [0.15, 0.2) is 18.5 Å². The highest BCUT2D eigenvalue weighted by atomic mass is 28.3. The summed E-state index contributed by atoms with van der Waals surface area (Å²) in [4.78, 5) is 34.6. The zero-order valence-electron chi connectivity index (χ0n) is 18.7. The maximum Gasteiger partial charge on any atom is 0.409 e. The van der Waals surface area contributed by atoms with E-state index < -0.39 is 8.07 Å². The quantitative estimate of drug-likeness (QED) is 0.497. The molecule has 2 aromatic heterocycles. The van der Waals surface area contributed by atoms with Gasteiger partial charge in [-0.3, -0.25) is 5.32 Å². The zero-order chi connectivity index (χ0) is 22.4. The number of ether oxygens (including phenoxy) is 2. The summed E-state index contributed by atoms with van der Waals surface area (Å²) in [6, 6.07) is 2.45. The van der Waals surface area contributed by atoms with E-state index in [0.717, 1.165) is 25.5 Å². The van der Waals surface area contributed by atoms with Gasteiger partial charge in [-0.25, -0.2) is 19.6 Å². The Balaban J connectivity index is 1.52. The number of rotatable bonds is 7. The van der Waals surface area contributed by atoms with Crippen molar-refractivity contribution in [2.45, 2.75) is 51.3 Å². The van der Waals surface area contributed by atoms with Crippen molar-refractivity contribution in [1.82, 2.24) is 24.8 Å². The number of aromatic nitrogens is 3. The minimum Gasteiger partial charge on any atom is -0.453 e. The van der Waals surface area contributed by atoms with Crippen LogP contribution in [0.1, 0.15) is 12.8 Å². The predicted molar refractivity (Wildman–Crippen MR) is 121 cm³/mol. The summed E-state index contributed by atoms with van der Waals surface area (Å²) < 4.78 is 12.4. The van der Waals surface area contributed by atoms with E-state index in [1.807, 2.05) is 16.8 Å². The van der Waals surface area contributed by atoms with Gasteiger partial charge in [-0.1, -0.05) is 19.6 Å². The smallest absolute Gasteiger partial charge is 0.409 e. The van der Waals surface area contributed by atoms with E-state index in [1.165, 1.54) is 13.3 Å². The Kier molecular flexibility index (Phi) is 7.49. The number of methoxy groups -OCH3 is 1. The zero-order valence-corrected chi connectivity index (χ0v) is 19.7. The molecule has 3 amide bonds.